The molecule has 0 aliphatic heterocycles. The van der Waals surface area contributed by atoms with Gasteiger partial charge in [-0.1, -0.05) is 32.0 Å². The van der Waals surface area contributed by atoms with Crippen molar-refractivity contribution in [3.8, 4) is 0 Å². The number of hydrogen-bond donors (Lipinski definition) is 1. The maximum atomic E-state index is 13.9. The van der Waals surface area contributed by atoms with Gasteiger partial charge in [0.05, 0.1) is 16.9 Å². The Morgan fingerprint density at radius 2 is 1.29 bits per heavy atom. The van der Waals surface area contributed by atoms with Crippen LogP contribution >= 0.6 is 0 Å². The molecule has 0 unspecified atom stereocenters. The van der Waals surface area contributed by atoms with Crippen LogP contribution in [-0.4, -0.2) is 31.7 Å². The van der Waals surface area contributed by atoms with Crippen LogP contribution in [0.5, 0.6) is 0 Å². The van der Waals surface area contributed by atoms with Crippen LogP contribution in [0.4, 0.5) is 64.1 Å². The molecule has 0 aromatic heterocycles. The fourth-order valence-corrected chi connectivity index (χ4v) is 3.73. The fraction of sp³-hybridized carbons (Fsp3) is 0.310. The van der Waals surface area contributed by atoms with Crippen LogP contribution < -0.4 is 10.2 Å². The Morgan fingerprint density at radius 1 is 0.778 bits per heavy atom. The molecule has 0 saturated carbocycles. The van der Waals surface area contributed by atoms with Crippen LogP contribution in [0.3, 0.4) is 0 Å². The second kappa shape index (κ2) is 14.7. The first-order valence-corrected chi connectivity index (χ1v) is 12.6. The third kappa shape index (κ3) is 8.69. The van der Waals surface area contributed by atoms with Gasteiger partial charge in [-0.15, -0.1) is 0 Å². The van der Waals surface area contributed by atoms with E-state index in [-0.39, 0.29) is 24.1 Å². The molecule has 248 valence electrons. The highest BCUT2D eigenvalue weighted by molar-refractivity contribution is 6.05. The van der Waals surface area contributed by atoms with Gasteiger partial charge in [0.2, 0.25) is 6.41 Å². The van der Waals surface area contributed by atoms with E-state index in [1.54, 1.807) is 19.1 Å². The lowest BCUT2D eigenvalue weighted by atomic mass is 9.90. The van der Waals surface area contributed by atoms with E-state index in [0.29, 0.717) is 18.1 Å². The molecule has 0 fully saturated rings. The summed E-state index contributed by atoms with van der Waals surface area (Å²) in [5.41, 5.74) is -11.3. The van der Waals surface area contributed by atoms with Gasteiger partial charge in [0.15, 0.2) is 0 Å². The van der Waals surface area contributed by atoms with Crippen molar-refractivity contribution in [3.05, 3.63) is 94.0 Å². The van der Waals surface area contributed by atoms with E-state index < -0.39 is 64.3 Å². The van der Waals surface area contributed by atoms with Gasteiger partial charge in [-0.25, -0.2) is 13.2 Å². The van der Waals surface area contributed by atoms with E-state index in [0.717, 1.165) is 0 Å². The summed E-state index contributed by atoms with van der Waals surface area (Å²) in [5.74, 6) is -1.23. The average molecular weight is 663 g/mol. The molecule has 45 heavy (non-hydrogen) atoms. The summed E-state index contributed by atoms with van der Waals surface area (Å²) in [6.45, 7) is 6.33. The third-order valence-electron chi connectivity index (χ3n) is 5.95. The lowest BCUT2D eigenvalue weighted by molar-refractivity contribution is -0.348. The van der Waals surface area contributed by atoms with E-state index in [1.807, 2.05) is 13.8 Å². The second-order valence-corrected chi connectivity index (χ2v) is 8.91. The Balaban J connectivity index is 0.000000435. The van der Waals surface area contributed by atoms with Crippen LogP contribution in [0.25, 0.3) is 0 Å². The monoisotopic (exact) mass is 662 g/mol. The van der Waals surface area contributed by atoms with Crippen LogP contribution in [0.2, 0.25) is 0 Å². The minimum Gasteiger partial charge on any atom is -0.328 e. The summed E-state index contributed by atoms with van der Waals surface area (Å²) in [6, 6.07) is 9.33. The van der Waals surface area contributed by atoms with Crippen molar-refractivity contribution in [1.82, 2.24) is 0 Å². The molecule has 1 N–H and O–H groups in total. The predicted octanol–water partition coefficient (Wildman–Crippen LogP) is 9.45. The minimum atomic E-state index is -6.56. The molecule has 0 atom stereocenters. The van der Waals surface area contributed by atoms with Gasteiger partial charge in [0.1, 0.15) is 11.6 Å². The van der Waals surface area contributed by atoms with Gasteiger partial charge < -0.3 is 10.2 Å². The Labute approximate surface area is 249 Å². The van der Waals surface area contributed by atoms with Crippen LogP contribution in [0, 0.1) is 25.5 Å². The zero-order chi connectivity index (χ0) is 35.1. The number of alkyl halides is 10. The molecule has 3 aromatic carbocycles. The molecule has 0 aliphatic rings. The Hall–Kier alpha value is -4.24. The fourth-order valence-electron chi connectivity index (χ4n) is 3.73. The van der Waals surface area contributed by atoms with Gasteiger partial charge >= 0.3 is 24.2 Å². The molecule has 4 nitrogen and oxygen atoms in total. The topological polar surface area (TPSA) is 49.4 Å². The van der Waals surface area contributed by atoms with E-state index in [1.165, 1.54) is 47.6 Å². The molecule has 2 amide bonds. The molecular formula is C29H26F12N2O2. The number of amides is 2. The maximum Gasteiger partial charge on any atom is 0.435 e. The highest BCUT2D eigenvalue weighted by atomic mass is 19.4. The molecule has 0 radical (unpaired) electrons. The van der Waals surface area contributed by atoms with Gasteiger partial charge in [-0.3, -0.25) is 9.59 Å². The van der Waals surface area contributed by atoms with Crippen molar-refractivity contribution < 1.29 is 62.3 Å². The van der Waals surface area contributed by atoms with Crippen LogP contribution in [-0.2, 0) is 16.6 Å². The molecule has 0 bridgehead atoms. The summed E-state index contributed by atoms with van der Waals surface area (Å²) in [7, 11) is 1.49. The molecular weight excluding hydrogens is 636 g/mol. The van der Waals surface area contributed by atoms with E-state index in [2.05, 4.69) is 0 Å². The lowest BCUT2D eigenvalue weighted by Crippen LogP contribution is -2.50. The summed E-state index contributed by atoms with van der Waals surface area (Å²) >= 11 is 0. The molecule has 0 heterocycles. The normalized spacial score (nSPS) is 11.8. The highest BCUT2D eigenvalue weighted by Crippen LogP contribution is 2.54. The van der Waals surface area contributed by atoms with Gasteiger partial charge in [0, 0.05) is 18.2 Å². The maximum absolute atomic E-state index is 13.9. The van der Waals surface area contributed by atoms with Crippen molar-refractivity contribution in [2.45, 2.75) is 51.9 Å². The third-order valence-corrected chi connectivity index (χ3v) is 5.95. The molecule has 0 spiro atoms. The standard InChI is InChI=1S/C15H13F2NO.C12H7F10NO.C2H6/c1-10-4-3-5-13(14(10)17)18(2)15(19)11-6-8-12(16)9-7-11;1-5-2-6(9(13,11(17,18)19)12(20,21)22)3-7(10(14,15)16)8(5)23-4-24;1-2/h3-9H,1-2H3;2-4H,1H3,(H,23,24);1-2H3. The largest absolute Gasteiger partial charge is 0.435 e. The van der Waals surface area contributed by atoms with E-state index in [4.69, 9.17) is 0 Å². The molecule has 0 aliphatic carbocycles. The number of hydrogen-bond acceptors (Lipinski definition) is 2. The Morgan fingerprint density at radius 3 is 1.73 bits per heavy atom. The second-order valence-electron chi connectivity index (χ2n) is 8.91. The van der Waals surface area contributed by atoms with Crippen molar-refractivity contribution in [3.63, 3.8) is 0 Å². The summed E-state index contributed by atoms with van der Waals surface area (Å²) < 4.78 is 155. The molecule has 16 heteroatoms. The molecule has 3 aromatic rings. The van der Waals surface area contributed by atoms with E-state index >= 15 is 0 Å². The predicted molar refractivity (Wildman–Crippen MR) is 142 cm³/mol. The number of carbonyl (C=O) groups is 2. The number of aryl methyl sites for hydroxylation is 2. The van der Waals surface area contributed by atoms with Gasteiger partial charge in [-0.2, -0.15) is 39.5 Å². The smallest absolute Gasteiger partial charge is 0.328 e. The first-order valence-electron chi connectivity index (χ1n) is 12.6. The summed E-state index contributed by atoms with van der Waals surface area (Å²) in [4.78, 5) is 23.7. The van der Waals surface area contributed by atoms with E-state index in [9.17, 15) is 62.3 Å². The molecule has 3 rings (SSSR count). The van der Waals surface area contributed by atoms with Crippen molar-refractivity contribution in [2.24, 2.45) is 0 Å². The van der Waals surface area contributed by atoms with Gasteiger partial charge in [-0.05, 0) is 61.4 Å². The van der Waals surface area contributed by atoms with Crippen LogP contribution in [0.1, 0.15) is 46.5 Å². The van der Waals surface area contributed by atoms with Gasteiger partial charge in [0.25, 0.3) is 5.91 Å². The van der Waals surface area contributed by atoms with Crippen molar-refractivity contribution in [2.75, 3.05) is 17.3 Å². The quantitative estimate of drug-likeness (QED) is 0.219. The number of nitrogens with one attached hydrogen (secondary N) is 1. The first-order chi connectivity index (χ1) is 20.6. The number of nitrogens with zero attached hydrogens (tertiary/aromatic N) is 1. The van der Waals surface area contributed by atoms with Crippen molar-refractivity contribution in [1.29, 1.82) is 0 Å². The van der Waals surface area contributed by atoms with Crippen LogP contribution in [0.15, 0.2) is 54.6 Å². The number of benzene rings is 3. The number of halogens is 12. The number of rotatable bonds is 5. The van der Waals surface area contributed by atoms with Crippen molar-refractivity contribution >= 4 is 23.7 Å². The average Bonchev–Trinajstić information content (AvgIpc) is 2.94. The lowest BCUT2D eigenvalue weighted by Gasteiger charge is -2.31. The number of carbonyl (C=O) groups excluding carboxylic acids is 2. The zero-order valence-corrected chi connectivity index (χ0v) is 24.1. The minimum absolute atomic E-state index is 0.0535. The first kappa shape index (κ1) is 38.8. The zero-order valence-electron chi connectivity index (χ0n) is 24.1. The number of anilines is 2. The Bertz CT molecular complexity index is 1450. The Kier molecular flexibility index (Phi) is 12.7. The SMILES string of the molecule is CC.Cc1cc(C(F)(C(F)(F)F)C(F)(F)F)cc(C(F)(F)F)c1NC=O.Cc1cccc(N(C)C(=O)c2ccc(F)cc2)c1F. The summed E-state index contributed by atoms with van der Waals surface area (Å²) in [6.07, 6.45) is -18.8. The highest BCUT2D eigenvalue weighted by Gasteiger charge is 2.73. The molecule has 0 saturated heterocycles. The summed E-state index contributed by atoms with van der Waals surface area (Å²) in [5, 5.41) is 1.52.